The minimum atomic E-state index is -0.330. The van der Waals surface area contributed by atoms with E-state index in [1.165, 1.54) is 16.3 Å². The Morgan fingerprint density at radius 2 is 1.65 bits per heavy atom. The molecule has 2 nitrogen and oxygen atoms in total. The summed E-state index contributed by atoms with van der Waals surface area (Å²) in [5, 5.41) is 13.1. The lowest BCUT2D eigenvalue weighted by atomic mass is 9.84. The Morgan fingerprint density at radius 3 is 2.30 bits per heavy atom. The number of aliphatic hydroxyl groups is 1. The van der Waals surface area contributed by atoms with Gasteiger partial charge in [-0.2, -0.15) is 0 Å². The quantitative estimate of drug-likeness (QED) is 0.899. The first-order chi connectivity index (χ1) is 9.50. The minimum Gasteiger partial charge on any atom is -0.392 e. The fourth-order valence-electron chi connectivity index (χ4n) is 2.82. The molecule has 2 atom stereocenters. The first-order valence-corrected chi connectivity index (χ1v) is 7.31. The van der Waals surface area contributed by atoms with Gasteiger partial charge < -0.3 is 10.0 Å². The summed E-state index contributed by atoms with van der Waals surface area (Å²) in [6.45, 7) is 5.02. The SMILES string of the molecule is CC(C)C(O)C(CN(C)C)c1cccc2ccccc12. The Labute approximate surface area is 122 Å². The van der Waals surface area contributed by atoms with Crippen molar-refractivity contribution in [3.8, 4) is 0 Å². The lowest BCUT2D eigenvalue weighted by molar-refractivity contribution is 0.0853. The summed E-state index contributed by atoms with van der Waals surface area (Å²) in [6, 6.07) is 14.8. The van der Waals surface area contributed by atoms with Gasteiger partial charge in [-0.25, -0.2) is 0 Å². The van der Waals surface area contributed by atoms with E-state index in [-0.39, 0.29) is 17.9 Å². The van der Waals surface area contributed by atoms with Crippen LogP contribution in [0.2, 0.25) is 0 Å². The van der Waals surface area contributed by atoms with Crippen molar-refractivity contribution in [1.82, 2.24) is 4.90 Å². The van der Waals surface area contributed by atoms with E-state index in [1.54, 1.807) is 0 Å². The molecule has 2 rings (SSSR count). The third-order valence-electron chi connectivity index (χ3n) is 3.88. The van der Waals surface area contributed by atoms with Gasteiger partial charge in [0.05, 0.1) is 6.10 Å². The molecule has 2 heteroatoms. The number of likely N-dealkylation sites (N-methyl/N-ethyl adjacent to an activating group) is 1. The largest absolute Gasteiger partial charge is 0.392 e. The third kappa shape index (κ3) is 3.20. The smallest absolute Gasteiger partial charge is 0.0644 e. The van der Waals surface area contributed by atoms with Crippen LogP contribution in [0.25, 0.3) is 10.8 Å². The number of aliphatic hydroxyl groups excluding tert-OH is 1. The highest BCUT2D eigenvalue weighted by Gasteiger charge is 2.25. The third-order valence-corrected chi connectivity index (χ3v) is 3.88. The summed E-state index contributed by atoms with van der Waals surface area (Å²) in [5.41, 5.74) is 1.25. The standard InChI is InChI=1S/C18H25NO/c1-13(2)18(20)17(12-19(3)4)16-11-7-9-14-8-5-6-10-15(14)16/h5-11,13,17-18,20H,12H2,1-4H3. The van der Waals surface area contributed by atoms with E-state index in [9.17, 15) is 5.11 Å². The van der Waals surface area contributed by atoms with Gasteiger partial charge in [0.15, 0.2) is 0 Å². The fraction of sp³-hybridized carbons (Fsp3) is 0.444. The van der Waals surface area contributed by atoms with Crippen LogP contribution in [0.4, 0.5) is 0 Å². The Morgan fingerprint density at radius 1 is 1.00 bits per heavy atom. The average Bonchev–Trinajstić information content (AvgIpc) is 2.43. The lowest BCUT2D eigenvalue weighted by Gasteiger charge is -2.29. The number of rotatable bonds is 5. The number of fused-ring (bicyclic) bond motifs is 1. The molecular formula is C18H25NO. The molecule has 0 heterocycles. The van der Waals surface area contributed by atoms with Crippen molar-refractivity contribution in [3.63, 3.8) is 0 Å². The maximum absolute atomic E-state index is 10.6. The van der Waals surface area contributed by atoms with Gasteiger partial charge in [-0.15, -0.1) is 0 Å². The first-order valence-electron chi connectivity index (χ1n) is 7.31. The summed E-state index contributed by atoms with van der Waals surface area (Å²) in [4.78, 5) is 2.15. The van der Waals surface area contributed by atoms with Crippen molar-refractivity contribution in [2.75, 3.05) is 20.6 Å². The second kappa shape index (κ2) is 6.38. The van der Waals surface area contributed by atoms with Crippen LogP contribution < -0.4 is 0 Å². The zero-order valence-corrected chi connectivity index (χ0v) is 12.9. The van der Waals surface area contributed by atoms with Gasteiger partial charge >= 0.3 is 0 Å². The molecule has 0 aliphatic heterocycles. The highest BCUT2D eigenvalue weighted by molar-refractivity contribution is 5.86. The van der Waals surface area contributed by atoms with Crippen molar-refractivity contribution in [1.29, 1.82) is 0 Å². The number of hydrogen-bond donors (Lipinski definition) is 1. The van der Waals surface area contributed by atoms with Crippen LogP contribution in [-0.2, 0) is 0 Å². The van der Waals surface area contributed by atoms with Crippen LogP contribution in [0.3, 0.4) is 0 Å². The Balaban J connectivity index is 2.50. The van der Waals surface area contributed by atoms with Crippen molar-refractivity contribution >= 4 is 10.8 Å². The zero-order chi connectivity index (χ0) is 14.7. The second-order valence-corrected chi connectivity index (χ2v) is 6.17. The first kappa shape index (κ1) is 15.0. The van der Waals surface area contributed by atoms with Crippen LogP contribution in [0.15, 0.2) is 42.5 Å². The molecular weight excluding hydrogens is 246 g/mol. The molecule has 0 aliphatic carbocycles. The molecule has 108 valence electrons. The molecule has 0 saturated heterocycles. The van der Waals surface area contributed by atoms with Crippen LogP contribution >= 0.6 is 0 Å². The van der Waals surface area contributed by atoms with E-state index in [0.29, 0.717) is 0 Å². The van der Waals surface area contributed by atoms with Gasteiger partial charge in [0.25, 0.3) is 0 Å². The minimum absolute atomic E-state index is 0.135. The van der Waals surface area contributed by atoms with Gasteiger partial charge in [-0.05, 0) is 36.3 Å². The van der Waals surface area contributed by atoms with Crippen LogP contribution in [0, 0.1) is 5.92 Å². The van der Waals surface area contributed by atoms with E-state index in [4.69, 9.17) is 0 Å². The fourth-order valence-corrected chi connectivity index (χ4v) is 2.82. The normalized spacial score (nSPS) is 14.9. The number of benzene rings is 2. The molecule has 0 spiro atoms. The molecule has 0 amide bonds. The predicted molar refractivity (Wildman–Crippen MR) is 86.1 cm³/mol. The monoisotopic (exact) mass is 271 g/mol. The maximum atomic E-state index is 10.6. The molecule has 2 aromatic rings. The highest BCUT2D eigenvalue weighted by atomic mass is 16.3. The molecule has 2 unspecified atom stereocenters. The zero-order valence-electron chi connectivity index (χ0n) is 12.9. The topological polar surface area (TPSA) is 23.5 Å². The summed E-state index contributed by atoms with van der Waals surface area (Å²) in [6.07, 6.45) is -0.330. The number of nitrogens with zero attached hydrogens (tertiary/aromatic N) is 1. The molecule has 2 aromatic carbocycles. The highest BCUT2D eigenvalue weighted by Crippen LogP contribution is 2.31. The molecule has 0 fully saturated rings. The predicted octanol–water partition coefficient (Wildman–Crippen LogP) is 3.50. The van der Waals surface area contributed by atoms with E-state index in [2.05, 4.69) is 75.3 Å². The van der Waals surface area contributed by atoms with Gasteiger partial charge in [-0.1, -0.05) is 56.3 Å². The summed E-state index contributed by atoms with van der Waals surface area (Å²) in [5.74, 6) is 0.384. The second-order valence-electron chi connectivity index (χ2n) is 6.17. The summed E-state index contributed by atoms with van der Waals surface area (Å²) < 4.78 is 0. The molecule has 0 aliphatic rings. The van der Waals surface area contributed by atoms with Gasteiger partial charge in [-0.3, -0.25) is 0 Å². The van der Waals surface area contributed by atoms with E-state index >= 15 is 0 Å². The van der Waals surface area contributed by atoms with Gasteiger partial charge in [0, 0.05) is 12.5 Å². The number of hydrogen-bond acceptors (Lipinski definition) is 2. The van der Waals surface area contributed by atoms with Crippen LogP contribution in [0.5, 0.6) is 0 Å². The van der Waals surface area contributed by atoms with E-state index in [1.807, 2.05) is 0 Å². The Hall–Kier alpha value is -1.38. The Bertz CT molecular complexity index is 557. The van der Waals surface area contributed by atoms with Gasteiger partial charge in [0.2, 0.25) is 0 Å². The van der Waals surface area contributed by atoms with Crippen LogP contribution in [0.1, 0.15) is 25.3 Å². The van der Waals surface area contributed by atoms with Crippen molar-refractivity contribution in [3.05, 3.63) is 48.0 Å². The molecule has 0 saturated carbocycles. The molecule has 0 bridgehead atoms. The molecule has 0 radical (unpaired) electrons. The van der Waals surface area contributed by atoms with Crippen molar-refractivity contribution in [2.24, 2.45) is 5.92 Å². The van der Waals surface area contributed by atoms with Crippen LogP contribution in [-0.4, -0.2) is 36.8 Å². The van der Waals surface area contributed by atoms with E-state index in [0.717, 1.165) is 6.54 Å². The summed E-state index contributed by atoms with van der Waals surface area (Å²) >= 11 is 0. The molecule has 0 aromatic heterocycles. The Kier molecular flexibility index (Phi) is 4.79. The van der Waals surface area contributed by atoms with Gasteiger partial charge in [0.1, 0.15) is 0 Å². The van der Waals surface area contributed by atoms with E-state index < -0.39 is 0 Å². The van der Waals surface area contributed by atoms with Crippen molar-refractivity contribution in [2.45, 2.75) is 25.9 Å². The molecule has 20 heavy (non-hydrogen) atoms. The average molecular weight is 271 g/mol. The lowest BCUT2D eigenvalue weighted by Crippen LogP contribution is -2.32. The molecule has 1 N–H and O–H groups in total. The summed E-state index contributed by atoms with van der Waals surface area (Å²) in [7, 11) is 4.12. The van der Waals surface area contributed by atoms with Crippen molar-refractivity contribution < 1.29 is 5.11 Å². The maximum Gasteiger partial charge on any atom is 0.0644 e.